The first-order chi connectivity index (χ1) is 16.9. The van der Waals surface area contributed by atoms with Crippen molar-refractivity contribution in [3.05, 3.63) is 64.0 Å². The summed E-state index contributed by atoms with van der Waals surface area (Å²) in [6.07, 6.45) is 2.21. The van der Waals surface area contributed by atoms with Gasteiger partial charge in [0.1, 0.15) is 17.6 Å². The fourth-order valence-electron chi connectivity index (χ4n) is 5.71. The number of carbonyl (C=O) groups is 3. The highest BCUT2D eigenvalue weighted by Gasteiger charge is 2.41. The Morgan fingerprint density at radius 1 is 1.11 bits per heavy atom. The number of rotatable bonds is 5. The van der Waals surface area contributed by atoms with E-state index in [1.165, 1.54) is 22.1 Å². The summed E-state index contributed by atoms with van der Waals surface area (Å²) >= 11 is 0. The molecule has 1 atom stereocenters. The Labute approximate surface area is 204 Å². The smallest absolute Gasteiger partial charge is 0.255 e. The van der Waals surface area contributed by atoms with E-state index in [-0.39, 0.29) is 30.7 Å². The Kier molecular flexibility index (Phi) is 6.32. The lowest BCUT2D eigenvalue weighted by Crippen LogP contribution is -2.52. The third kappa shape index (κ3) is 4.43. The highest BCUT2D eigenvalue weighted by molar-refractivity contribution is 6.05. The van der Waals surface area contributed by atoms with Gasteiger partial charge >= 0.3 is 0 Å². The minimum Gasteiger partial charge on any atom is -0.496 e. The number of hydrogen-bond donors (Lipinski definition) is 1. The standard InChI is InChI=1S/C27H30FN3O4/c1-16-4-3-5-24(35-2)21(16)14-30-10-8-17(9-11-30)19-12-18(28)13-20-22(19)15-31(27(20)34)23-6-7-25(32)29-26(23)33/h3-5,12-13,17,23H,6-11,14-15H2,1-2H3,(H,29,32,33). The zero-order valence-electron chi connectivity index (χ0n) is 20.1. The van der Waals surface area contributed by atoms with Gasteiger partial charge in [0.05, 0.1) is 7.11 Å². The van der Waals surface area contributed by atoms with E-state index in [0.717, 1.165) is 49.4 Å². The Balaban J connectivity index is 1.32. The van der Waals surface area contributed by atoms with Crippen LogP contribution in [0.5, 0.6) is 5.75 Å². The molecular weight excluding hydrogens is 449 g/mol. The van der Waals surface area contributed by atoms with Crippen LogP contribution in [0, 0.1) is 12.7 Å². The molecule has 2 aromatic carbocycles. The first-order valence-electron chi connectivity index (χ1n) is 12.2. The summed E-state index contributed by atoms with van der Waals surface area (Å²) in [5.74, 6) is -0.503. The Morgan fingerprint density at radius 3 is 2.60 bits per heavy atom. The van der Waals surface area contributed by atoms with Crippen LogP contribution in [0.2, 0.25) is 0 Å². The number of carbonyl (C=O) groups excluding carboxylic acids is 3. The molecule has 2 aromatic rings. The molecule has 3 aliphatic heterocycles. The first kappa shape index (κ1) is 23.5. The molecule has 3 aliphatic rings. The largest absolute Gasteiger partial charge is 0.496 e. The highest BCUT2D eigenvalue weighted by atomic mass is 19.1. The van der Waals surface area contributed by atoms with Crippen molar-refractivity contribution in [2.75, 3.05) is 20.2 Å². The van der Waals surface area contributed by atoms with E-state index in [2.05, 4.69) is 23.2 Å². The van der Waals surface area contributed by atoms with Crippen LogP contribution in [-0.4, -0.2) is 53.8 Å². The molecule has 2 fully saturated rings. The van der Waals surface area contributed by atoms with Crippen LogP contribution in [0.1, 0.15) is 64.2 Å². The summed E-state index contributed by atoms with van der Waals surface area (Å²) in [6.45, 7) is 4.88. The molecule has 0 bridgehead atoms. The number of nitrogens with one attached hydrogen (secondary N) is 1. The summed E-state index contributed by atoms with van der Waals surface area (Å²) in [5.41, 5.74) is 4.42. The molecule has 8 heteroatoms. The van der Waals surface area contributed by atoms with Crippen molar-refractivity contribution in [2.24, 2.45) is 0 Å². The Morgan fingerprint density at radius 2 is 1.89 bits per heavy atom. The molecule has 0 saturated carbocycles. The van der Waals surface area contributed by atoms with Gasteiger partial charge in [0.2, 0.25) is 11.8 Å². The molecule has 35 heavy (non-hydrogen) atoms. The zero-order chi connectivity index (χ0) is 24.7. The van der Waals surface area contributed by atoms with Gasteiger partial charge in [-0.05, 0) is 80.1 Å². The Bertz CT molecular complexity index is 1190. The molecule has 3 amide bonds. The summed E-state index contributed by atoms with van der Waals surface area (Å²) in [4.78, 5) is 40.9. The third-order valence-electron chi connectivity index (χ3n) is 7.65. The van der Waals surface area contributed by atoms with Crippen LogP contribution in [-0.2, 0) is 22.7 Å². The fourth-order valence-corrected chi connectivity index (χ4v) is 5.71. The minimum absolute atomic E-state index is 0.143. The number of hydrogen-bond acceptors (Lipinski definition) is 5. The number of amides is 3. The topological polar surface area (TPSA) is 79.0 Å². The maximum Gasteiger partial charge on any atom is 0.255 e. The molecule has 7 nitrogen and oxygen atoms in total. The monoisotopic (exact) mass is 479 g/mol. The van der Waals surface area contributed by atoms with Crippen molar-refractivity contribution in [2.45, 2.75) is 57.7 Å². The van der Waals surface area contributed by atoms with Crippen LogP contribution in [0.25, 0.3) is 0 Å². The number of ether oxygens (including phenoxy) is 1. The number of imide groups is 1. The Hall–Kier alpha value is -3.26. The number of methoxy groups -OCH3 is 1. The average molecular weight is 480 g/mol. The van der Waals surface area contributed by atoms with Gasteiger partial charge in [-0.1, -0.05) is 12.1 Å². The molecular formula is C27H30FN3O4. The molecule has 184 valence electrons. The predicted molar refractivity (Wildman–Crippen MR) is 127 cm³/mol. The number of fused-ring (bicyclic) bond motifs is 1. The maximum absolute atomic E-state index is 14.6. The van der Waals surface area contributed by atoms with E-state index < -0.39 is 17.8 Å². The van der Waals surface area contributed by atoms with E-state index in [0.29, 0.717) is 12.0 Å². The van der Waals surface area contributed by atoms with Crippen LogP contribution in [0.3, 0.4) is 0 Å². The molecule has 0 spiro atoms. The van der Waals surface area contributed by atoms with Gasteiger partial charge in [-0.25, -0.2) is 4.39 Å². The molecule has 0 radical (unpaired) electrons. The molecule has 0 aromatic heterocycles. The van der Waals surface area contributed by atoms with Crippen LogP contribution in [0.15, 0.2) is 30.3 Å². The predicted octanol–water partition coefficient (Wildman–Crippen LogP) is 3.28. The molecule has 3 heterocycles. The quantitative estimate of drug-likeness (QED) is 0.666. The van der Waals surface area contributed by atoms with Crippen molar-refractivity contribution < 1.29 is 23.5 Å². The van der Waals surface area contributed by atoms with Crippen molar-refractivity contribution in [1.82, 2.24) is 15.1 Å². The van der Waals surface area contributed by atoms with Crippen molar-refractivity contribution in [3.8, 4) is 5.75 Å². The lowest BCUT2D eigenvalue weighted by Gasteiger charge is -2.33. The van der Waals surface area contributed by atoms with Gasteiger partial charge in [0.25, 0.3) is 5.91 Å². The van der Waals surface area contributed by atoms with E-state index in [1.807, 2.05) is 12.1 Å². The normalized spacial score (nSPS) is 21.3. The van der Waals surface area contributed by atoms with Crippen LogP contribution >= 0.6 is 0 Å². The van der Waals surface area contributed by atoms with Gasteiger partial charge < -0.3 is 9.64 Å². The van der Waals surface area contributed by atoms with E-state index >= 15 is 0 Å². The second kappa shape index (κ2) is 9.41. The van der Waals surface area contributed by atoms with Crippen molar-refractivity contribution in [3.63, 3.8) is 0 Å². The molecule has 1 N–H and O–H groups in total. The van der Waals surface area contributed by atoms with Gasteiger partial charge in [0.15, 0.2) is 0 Å². The number of likely N-dealkylation sites (tertiary alicyclic amines) is 1. The fraction of sp³-hybridized carbons (Fsp3) is 0.444. The van der Waals surface area contributed by atoms with E-state index in [4.69, 9.17) is 4.74 Å². The SMILES string of the molecule is COc1cccc(C)c1CN1CCC(c2cc(F)cc3c2CN(C2CCC(=O)NC2=O)C3=O)CC1. The maximum atomic E-state index is 14.6. The summed E-state index contributed by atoms with van der Waals surface area (Å²) in [7, 11) is 1.69. The molecule has 1 unspecified atom stereocenters. The summed E-state index contributed by atoms with van der Waals surface area (Å²) in [5, 5.41) is 2.32. The minimum atomic E-state index is -0.700. The second-order valence-electron chi connectivity index (χ2n) is 9.73. The molecule has 2 saturated heterocycles. The first-order valence-corrected chi connectivity index (χ1v) is 12.2. The van der Waals surface area contributed by atoms with Crippen molar-refractivity contribution in [1.29, 1.82) is 0 Å². The zero-order valence-corrected chi connectivity index (χ0v) is 20.1. The second-order valence-corrected chi connectivity index (χ2v) is 9.73. The molecule has 5 rings (SSSR count). The number of aryl methyl sites for hydroxylation is 1. The van der Waals surface area contributed by atoms with Gasteiger partial charge in [0, 0.05) is 30.6 Å². The lowest BCUT2D eigenvalue weighted by molar-refractivity contribution is -0.136. The summed E-state index contributed by atoms with van der Waals surface area (Å²) in [6, 6.07) is 8.21. The van der Waals surface area contributed by atoms with E-state index in [1.54, 1.807) is 13.2 Å². The van der Waals surface area contributed by atoms with Crippen LogP contribution in [0.4, 0.5) is 4.39 Å². The number of benzene rings is 2. The number of piperidine rings is 2. The molecule has 0 aliphatic carbocycles. The van der Waals surface area contributed by atoms with Crippen LogP contribution < -0.4 is 10.1 Å². The van der Waals surface area contributed by atoms with Crippen molar-refractivity contribution >= 4 is 17.7 Å². The summed E-state index contributed by atoms with van der Waals surface area (Å²) < 4.78 is 20.2. The number of halogens is 1. The number of nitrogens with zero attached hydrogens (tertiary/aromatic N) is 2. The highest BCUT2D eigenvalue weighted by Crippen LogP contribution is 2.38. The third-order valence-corrected chi connectivity index (χ3v) is 7.65. The average Bonchev–Trinajstić information content (AvgIpc) is 3.16. The van der Waals surface area contributed by atoms with Gasteiger partial charge in [-0.2, -0.15) is 0 Å². The van der Waals surface area contributed by atoms with Gasteiger partial charge in [-0.3, -0.25) is 24.6 Å². The van der Waals surface area contributed by atoms with E-state index in [9.17, 15) is 18.8 Å². The van der Waals surface area contributed by atoms with Gasteiger partial charge in [-0.15, -0.1) is 0 Å². The lowest BCUT2D eigenvalue weighted by atomic mass is 9.85.